The fraction of sp³-hybridized carbons (Fsp3) is 0.480. The first kappa shape index (κ1) is 21.7. The number of aromatic nitrogens is 3. The van der Waals surface area contributed by atoms with E-state index in [1.165, 1.54) is 16.9 Å². The lowest BCUT2D eigenvalue weighted by molar-refractivity contribution is 0.0904. The van der Waals surface area contributed by atoms with Crippen molar-refractivity contribution in [3.63, 3.8) is 0 Å². The van der Waals surface area contributed by atoms with Crippen molar-refractivity contribution >= 4 is 22.4 Å². The topological polar surface area (TPSA) is 82.2 Å². The molecule has 0 saturated carbocycles. The second-order valence-electron chi connectivity index (χ2n) is 8.81. The molecule has 0 amide bonds. The molecule has 1 aromatic carbocycles. The van der Waals surface area contributed by atoms with Crippen molar-refractivity contribution in [2.24, 2.45) is 0 Å². The van der Waals surface area contributed by atoms with E-state index in [0.717, 1.165) is 76.4 Å². The summed E-state index contributed by atoms with van der Waals surface area (Å²) >= 11 is 0. The highest BCUT2D eigenvalue weighted by molar-refractivity contribution is 5.90. The van der Waals surface area contributed by atoms with Crippen LogP contribution in [0.15, 0.2) is 36.7 Å². The third-order valence-electron chi connectivity index (χ3n) is 6.74. The quantitative estimate of drug-likeness (QED) is 0.624. The minimum atomic E-state index is 0.418. The summed E-state index contributed by atoms with van der Waals surface area (Å²) in [5.74, 6) is 0. The first-order valence-electron chi connectivity index (χ1n) is 11.9. The molecule has 5 rings (SSSR count). The van der Waals surface area contributed by atoms with Gasteiger partial charge in [-0.1, -0.05) is 0 Å². The third-order valence-corrected chi connectivity index (χ3v) is 6.74. The van der Waals surface area contributed by atoms with Crippen LogP contribution in [0.3, 0.4) is 0 Å². The van der Waals surface area contributed by atoms with E-state index in [9.17, 15) is 0 Å². The van der Waals surface area contributed by atoms with Crippen molar-refractivity contribution in [3.8, 4) is 6.07 Å². The van der Waals surface area contributed by atoms with Gasteiger partial charge in [-0.3, -0.25) is 4.90 Å². The average Bonchev–Trinajstić information content (AvgIpc) is 3.30. The zero-order valence-electron chi connectivity index (χ0n) is 19.2. The summed E-state index contributed by atoms with van der Waals surface area (Å²) in [5, 5.41) is 18.5. The number of pyridine rings is 1. The summed E-state index contributed by atoms with van der Waals surface area (Å²) in [6.07, 6.45) is 6.04. The molecule has 1 N–H and O–H groups in total. The first-order valence-corrected chi connectivity index (χ1v) is 11.9. The molecule has 4 heterocycles. The van der Waals surface area contributed by atoms with Crippen LogP contribution < -0.4 is 10.2 Å². The van der Waals surface area contributed by atoms with E-state index < -0.39 is 0 Å². The van der Waals surface area contributed by atoms with Gasteiger partial charge in [0.2, 0.25) is 0 Å². The van der Waals surface area contributed by atoms with Crippen LogP contribution in [-0.2, 0) is 17.8 Å². The summed E-state index contributed by atoms with van der Waals surface area (Å²) in [6, 6.07) is 10.5. The molecular weight excluding hydrogens is 414 g/mol. The molecule has 3 aromatic rings. The van der Waals surface area contributed by atoms with Crippen LogP contribution in [0, 0.1) is 11.3 Å². The molecule has 8 nitrogen and oxygen atoms in total. The Morgan fingerprint density at radius 2 is 1.85 bits per heavy atom. The van der Waals surface area contributed by atoms with Crippen LogP contribution in [0.4, 0.5) is 11.4 Å². The number of nitrogens with zero attached hydrogens (tertiary/aromatic N) is 6. The number of fused-ring (bicyclic) bond motifs is 1. The molecule has 33 heavy (non-hydrogen) atoms. The highest BCUT2D eigenvalue weighted by atomic mass is 16.5. The van der Waals surface area contributed by atoms with E-state index in [2.05, 4.69) is 33.2 Å². The van der Waals surface area contributed by atoms with E-state index in [4.69, 9.17) is 15.0 Å². The fourth-order valence-electron chi connectivity index (χ4n) is 4.79. The number of nitriles is 1. The SMILES string of the molecule is CCn1ncc2c(NC3CCOCC3)c(CN3CCN(c4ccc(C#N)cc4)CC3)cnc21. The average molecular weight is 446 g/mol. The Bertz CT molecular complexity index is 1120. The zero-order valence-corrected chi connectivity index (χ0v) is 19.2. The molecule has 0 aliphatic carbocycles. The lowest BCUT2D eigenvalue weighted by Crippen LogP contribution is -2.46. The van der Waals surface area contributed by atoms with Gasteiger partial charge in [-0.2, -0.15) is 10.4 Å². The molecule has 8 heteroatoms. The maximum atomic E-state index is 9.03. The highest BCUT2D eigenvalue weighted by Crippen LogP contribution is 2.29. The lowest BCUT2D eigenvalue weighted by Gasteiger charge is -2.36. The second kappa shape index (κ2) is 9.77. The molecule has 2 fully saturated rings. The normalized spacial score (nSPS) is 17.9. The van der Waals surface area contributed by atoms with Gasteiger partial charge in [0.15, 0.2) is 5.65 Å². The molecule has 0 unspecified atom stereocenters. The summed E-state index contributed by atoms with van der Waals surface area (Å²) in [7, 11) is 0. The molecule has 172 valence electrons. The van der Waals surface area contributed by atoms with Crippen molar-refractivity contribution < 1.29 is 4.74 Å². The van der Waals surface area contributed by atoms with Gasteiger partial charge in [0.05, 0.1) is 28.9 Å². The molecule has 2 aromatic heterocycles. The number of anilines is 2. The minimum absolute atomic E-state index is 0.418. The van der Waals surface area contributed by atoms with E-state index in [1.54, 1.807) is 0 Å². The molecule has 0 atom stereocenters. The van der Waals surface area contributed by atoms with Gasteiger partial charge < -0.3 is 15.0 Å². The number of rotatable bonds is 6. The van der Waals surface area contributed by atoms with Crippen LogP contribution in [0.25, 0.3) is 11.0 Å². The monoisotopic (exact) mass is 445 g/mol. The summed E-state index contributed by atoms with van der Waals surface area (Å²) in [6.45, 7) is 9.32. The second-order valence-corrected chi connectivity index (χ2v) is 8.81. The third kappa shape index (κ3) is 4.65. The van der Waals surface area contributed by atoms with Crippen LogP contribution >= 0.6 is 0 Å². The van der Waals surface area contributed by atoms with Crippen molar-refractivity contribution in [1.29, 1.82) is 5.26 Å². The Hall–Kier alpha value is -3.15. The molecule has 0 bridgehead atoms. The summed E-state index contributed by atoms with van der Waals surface area (Å²) in [4.78, 5) is 9.68. The standard InChI is InChI=1S/C25H31N7O/c1-2-32-25-23(17-28-32)24(29-21-7-13-33-14-8-21)20(16-27-25)18-30-9-11-31(12-10-30)22-5-3-19(15-26)4-6-22/h3-6,16-17,21H,2,7-14,18H2,1H3,(H,27,29). The van der Waals surface area contributed by atoms with E-state index >= 15 is 0 Å². The Labute approximate surface area is 194 Å². The van der Waals surface area contributed by atoms with Crippen molar-refractivity contribution in [1.82, 2.24) is 19.7 Å². The van der Waals surface area contributed by atoms with E-state index in [-0.39, 0.29) is 0 Å². The van der Waals surface area contributed by atoms with E-state index in [0.29, 0.717) is 11.6 Å². The number of hydrogen-bond acceptors (Lipinski definition) is 7. The largest absolute Gasteiger partial charge is 0.381 e. The molecule has 2 saturated heterocycles. The zero-order chi connectivity index (χ0) is 22.6. The number of piperazine rings is 1. The number of hydrogen-bond donors (Lipinski definition) is 1. The van der Waals surface area contributed by atoms with E-state index in [1.807, 2.05) is 41.3 Å². The number of benzene rings is 1. The number of aryl methyl sites for hydroxylation is 1. The molecule has 0 radical (unpaired) electrons. The van der Waals surface area contributed by atoms with Gasteiger partial charge in [-0.25, -0.2) is 9.67 Å². The van der Waals surface area contributed by atoms with Gasteiger partial charge in [-0.05, 0) is 44.0 Å². The van der Waals surface area contributed by atoms with Crippen molar-refractivity contribution in [2.75, 3.05) is 49.6 Å². The summed E-state index contributed by atoms with van der Waals surface area (Å²) < 4.78 is 7.52. The van der Waals surface area contributed by atoms with Gasteiger partial charge in [0.1, 0.15) is 0 Å². The highest BCUT2D eigenvalue weighted by Gasteiger charge is 2.22. The van der Waals surface area contributed by atoms with Crippen LogP contribution in [-0.4, -0.2) is 65.1 Å². The van der Waals surface area contributed by atoms with Crippen LogP contribution in [0.5, 0.6) is 0 Å². The minimum Gasteiger partial charge on any atom is -0.381 e. The lowest BCUT2D eigenvalue weighted by atomic mass is 10.1. The van der Waals surface area contributed by atoms with Gasteiger partial charge in [0.25, 0.3) is 0 Å². The van der Waals surface area contributed by atoms with Crippen molar-refractivity contribution in [3.05, 3.63) is 47.8 Å². The molecule has 0 spiro atoms. The Balaban J connectivity index is 1.32. The van der Waals surface area contributed by atoms with Crippen LogP contribution in [0.1, 0.15) is 30.9 Å². The Kier molecular flexibility index (Phi) is 6.42. The molecule has 2 aliphatic rings. The molecule has 2 aliphatic heterocycles. The smallest absolute Gasteiger partial charge is 0.159 e. The Morgan fingerprint density at radius 1 is 1.09 bits per heavy atom. The maximum absolute atomic E-state index is 9.03. The maximum Gasteiger partial charge on any atom is 0.159 e. The van der Waals surface area contributed by atoms with Crippen LogP contribution in [0.2, 0.25) is 0 Å². The fourth-order valence-corrected chi connectivity index (χ4v) is 4.79. The predicted octanol–water partition coefficient (Wildman–Crippen LogP) is 3.24. The first-order chi connectivity index (χ1) is 16.2. The Morgan fingerprint density at radius 3 is 2.55 bits per heavy atom. The summed E-state index contributed by atoms with van der Waals surface area (Å²) in [5.41, 5.74) is 5.25. The predicted molar refractivity (Wildman–Crippen MR) is 129 cm³/mol. The van der Waals surface area contributed by atoms with Crippen molar-refractivity contribution in [2.45, 2.75) is 38.9 Å². The van der Waals surface area contributed by atoms with Gasteiger partial charge in [0, 0.05) is 76.0 Å². The van der Waals surface area contributed by atoms with Gasteiger partial charge >= 0.3 is 0 Å². The molecular formula is C25H31N7O. The van der Waals surface area contributed by atoms with Gasteiger partial charge in [-0.15, -0.1) is 0 Å². The number of nitrogens with one attached hydrogen (secondary N) is 1. The number of ether oxygens (including phenoxy) is 1.